The SMILES string of the molecule is CN(C(=O)C(=O)c1ccccc1)C1(C(=O)NC(CCCc2cccnc2)CCCc2cccnc2)CCCC1. The molecule has 0 aliphatic heterocycles. The number of likely N-dealkylation sites (N-methyl/N-ethyl adjacent to an activating group) is 1. The number of amides is 2. The highest BCUT2D eigenvalue weighted by molar-refractivity contribution is 6.43. The van der Waals surface area contributed by atoms with Gasteiger partial charge in [-0.1, -0.05) is 55.3 Å². The minimum absolute atomic E-state index is 0.0309. The van der Waals surface area contributed by atoms with Crippen molar-refractivity contribution >= 4 is 17.6 Å². The molecule has 2 amide bonds. The van der Waals surface area contributed by atoms with Crippen LogP contribution in [0, 0.1) is 0 Å². The highest BCUT2D eigenvalue weighted by atomic mass is 16.2. The molecule has 1 aromatic carbocycles. The van der Waals surface area contributed by atoms with Crippen molar-refractivity contribution in [3.8, 4) is 0 Å². The van der Waals surface area contributed by atoms with Gasteiger partial charge in [-0.05, 0) is 74.6 Å². The van der Waals surface area contributed by atoms with Crippen molar-refractivity contribution < 1.29 is 14.4 Å². The molecule has 0 atom stereocenters. The second kappa shape index (κ2) is 13.8. The van der Waals surface area contributed by atoms with Crippen molar-refractivity contribution in [2.45, 2.75) is 75.8 Å². The molecule has 7 heteroatoms. The van der Waals surface area contributed by atoms with Crippen LogP contribution in [0.5, 0.6) is 0 Å². The van der Waals surface area contributed by atoms with Gasteiger partial charge < -0.3 is 10.2 Å². The highest BCUT2D eigenvalue weighted by Gasteiger charge is 2.48. The van der Waals surface area contributed by atoms with E-state index in [1.807, 2.05) is 24.5 Å². The third kappa shape index (κ3) is 7.37. The Labute approximate surface area is 231 Å². The lowest BCUT2D eigenvalue weighted by molar-refractivity contribution is -0.143. The fraction of sp³-hybridized carbons (Fsp3) is 0.406. The van der Waals surface area contributed by atoms with Crippen LogP contribution in [0.25, 0.3) is 0 Å². The van der Waals surface area contributed by atoms with Gasteiger partial charge in [0, 0.05) is 43.4 Å². The summed E-state index contributed by atoms with van der Waals surface area (Å²) in [7, 11) is 1.61. The topological polar surface area (TPSA) is 92.3 Å². The summed E-state index contributed by atoms with van der Waals surface area (Å²) in [6.45, 7) is 0. The zero-order chi connectivity index (χ0) is 27.5. The smallest absolute Gasteiger partial charge is 0.295 e. The summed E-state index contributed by atoms with van der Waals surface area (Å²) in [4.78, 5) is 50.0. The number of aromatic nitrogens is 2. The largest absolute Gasteiger partial charge is 0.351 e. The molecule has 1 aliphatic carbocycles. The molecule has 2 heterocycles. The van der Waals surface area contributed by atoms with Crippen molar-refractivity contribution in [1.82, 2.24) is 20.2 Å². The Kier molecular flexibility index (Phi) is 9.95. The first-order valence-corrected chi connectivity index (χ1v) is 14.0. The lowest BCUT2D eigenvalue weighted by Gasteiger charge is -2.38. The fourth-order valence-electron chi connectivity index (χ4n) is 5.54. The first kappa shape index (κ1) is 28.1. The van der Waals surface area contributed by atoms with Crippen LogP contribution in [-0.2, 0) is 22.4 Å². The van der Waals surface area contributed by atoms with Crippen LogP contribution in [0.1, 0.15) is 72.9 Å². The number of ketones is 1. The molecule has 0 spiro atoms. The van der Waals surface area contributed by atoms with Gasteiger partial charge in [-0.3, -0.25) is 24.4 Å². The van der Waals surface area contributed by atoms with Gasteiger partial charge in [0.2, 0.25) is 11.7 Å². The van der Waals surface area contributed by atoms with Crippen LogP contribution in [-0.4, -0.2) is 51.1 Å². The molecule has 2 aromatic heterocycles. The molecule has 7 nitrogen and oxygen atoms in total. The molecular formula is C32H38N4O3. The van der Waals surface area contributed by atoms with Crippen molar-refractivity contribution in [2.24, 2.45) is 0 Å². The molecule has 0 radical (unpaired) electrons. The van der Waals surface area contributed by atoms with Gasteiger partial charge in [0.05, 0.1) is 0 Å². The molecule has 0 saturated heterocycles. The van der Waals surface area contributed by atoms with Crippen LogP contribution in [0.4, 0.5) is 0 Å². The van der Waals surface area contributed by atoms with E-state index in [1.54, 1.807) is 49.8 Å². The van der Waals surface area contributed by atoms with Crippen LogP contribution in [0.3, 0.4) is 0 Å². The van der Waals surface area contributed by atoms with E-state index in [2.05, 4.69) is 27.4 Å². The maximum absolute atomic E-state index is 13.9. The van der Waals surface area contributed by atoms with Gasteiger partial charge >= 0.3 is 0 Å². The lowest BCUT2D eigenvalue weighted by Crippen LogP contribution is -2.60. The van der Waals surface area contributed by atoms with E-state index in [0.29, 0.717) is 18.4 Å². The average molecular weight is 527 g/mol. The Bertz CT molecular complexity index is 1170. The number of Topliss-reactive ketones (excluding diaryl/α,β-unsaturated/α-hetero) is 1. The highest BCUT2D eigenvalue weighted by Crippen LogP contribution is 2.35. The van der Waals surface area contributed by atoms with Gasteiger partial charge in [-0.2, -0.15) is 0 Å². The van der Waals surface area contributed by atoms with Gasteiger partial charge in [0.15, 0.2) is 0 Å². The second-order valence-corrected chi connectivity index (χ2v) is 10.5. The summed E-state index contributed by atoms with van der Waals surface area (Å²) in [6, 6.07) is 16.5. The number of rotatable bonds is 13. The summed E-state index contributed by atoms with van der Waals surface area (Å²) in [5, 5.41) is 3.31. The van der Waals surface area contributed by atoms with E-state index in [4.69, 9.17) is 0 Å². The lowest BCUT2D eigenvalue weighted by atomic mass is 9.91. The minimum Gasteiger partial charge on any atom is -0.351 e. The molecule has 1 aliphatic rings. The summed E-state index contributed by atoms with van der Waals surface area (Å²) in [5.41, 5.74) is 1.68. The van der Waals surface area contributed by atoms with E-state index >= 15 is 0 Å². The van der Waals surface area contributed by atoms with E-state index in [1.165, 1.54) is 16.0 Å². The molecule has 1 N–H and O–H groups in total. The first-order valence-electron chi connectivity index (χ1n) is 14.0. The number of nitrogens with zero attached hydrogens (tertiary/aromatic N) is 3. The zero-order valence-electron chi connectivity index (χ0n) is 22.7. The van der Waals surface area contributed by atoms with Crippen LogP contribution < -0.4 is 5.32 Å². The standard InChI is InChI=1S/C32H38N4O3/c1-36(30(38)29(37)27-15-3-2-4-16-27)32(19-5-6-20-32)31(39)35-28(17-7-11-25-13-9-21-33-23-25)18-8-12-26-14-10-22-34-24-26/h2-4,9-10,13-16,21-24,28H,5-8,11-12,17-20H2,1H3,(H,35,39). The Morgan fingerprint density at radius 3 is 1.92 bits per heavy atom. The van der Waals surface area contributed by atoms with Crippen molar-refractivity contribution in [2.75, 3.05) is 7.05 Å². The molecule has 4 rings (SSSR count). The van der Waals surface area contributed by atoms with E-state index in [9.17, 15) is 14.4 Å². The number of pyridine rings is 2. The number of hydrogen-bond donors (Lipinski definition) is 1. The zero-order valence-corrected chi connectivity index (χ0v) is 22.7. The predicted octanol–water partition coefficient (Wildman–Crippen LogP) is 4.96. The van der Waals surface area contributed by atoms with Gasteiger partial charge in [0.25, 0.3) is 5.91 Å². The molecule has 39 heavy (non-hydrogen) atoms. The van der Waals surface area contributed by atoms with Crippen LogP contribution in [0.15, 0.2) is 79.4 Å². The number of aryl methyl sites for hydroxylation is 2. The molecule has 3 aromatic rings. The van der Waals surface area contributed by atoms with Crippen molar-refractivity contribution in [1.29, 1.82) is 0 Å². The maximum Gasteiger partial charge on any atom is 0.295 e. The monoisotopic (exact) mass is 526 g/mol. The summed E-state index contributed by atoms with van der Waals surface area (Å²) < 4.78 is 0. The first-order chi connectivity index (χ1) is 19.0. The van der Waals surface area contributed by atoms with E-state index in [-0.39, 0.29) is 11.9 Å². The third-order valence-corrected chi connectivity index (χ3v) is 7.85. The van der Waals surface area contributed by atoms with Gasteiger partial charge in [0.1, 0.15) is 5.54 Å². The van der Waals surface area contributed by atoms with Gasteiger partial charge in [-0.25, -0.2) is 0 Å². The second-order valence-electron chi connectivity index (χ2n) is 10.5. The normalized spacial score (nSPS) is 14.2. The fourth-order valence-corrected chi connectivity index (χ4v) is 5.54. The molecular weight excluding hydrogens is 488 g/mol. The average Bonchev–Trinajstić information content (AvgIpc) is 3.49. The van der Waals surface area contributed by atoms with Crippen LogP contribution >= 0.6 is 0 Å². The maximum atomic E-state index is 13.9. The van der Waals surface area contributed by atoms with Crippen molar-refractivity contribution in [3.63, 3.8) is 0 Å². The Hall–Kier alpha value is -3.87. The number of hydrogen-bond acceptors (Lipinski definition) is 5. The van der Waals surface area contributed by atoms with E-state index in [0.717, 1.165) is 51.4 Å². The molecule has 0 bridgehead atoms. The summed E-state index contributed by atoms with van der Waals surface area (Å²) in [6.07, 6.45) is 15.4. The Balaban J connectivity index is 1.44. The molecule has 0 unspecified atom stereocenters. The van der Waals surface area contributed by atoms with Crippen molar-refractivity contribution in [3.05, 3.63) is 96.1 Å². The van der Waals surface area contributed by atoms with Crippen LogP contribution in [0.2, 0.25) is 0 Å². The quantitative estimate of drug-likeness (QED) is 0.251. The molecule has 1 saturated carbocycles. The minimum atomic E-state index is -1.01. The summed E-state index contributed by atoms with van der Waals surface area (Å²) in [5.74, 6) is -1.37. The number of carbonyl (C=O) groups excluding carboxylic acids is 3. The van der Waals surface area contributed by atoms with Gasteiger partial charge in [-0.15, -0.1) is 0 Å². The number of carbonyl (C=O) groups is 3. The van der Waals surface area contributed by atoms with E-state index < -0.39 is 17.2 Å². The Morgan fingerprint density at radius 1 is 0.846 bits per heavy atom. The number of benzene rings is 1. The molecule has 1 fully saturated rings. The third-order valence-electron chi connectivity index (χ3n) is 7.85. The summed E-state index contributed by atoms with van der Waals surface area (Å²) >= 11 is 0. The predicted molar refractivity (Wildman–Crippen MR) is 151 cm³/mol. The Morgan fingerprint density at radius 2 is 1.41 bits per heavy atom. The number of nitrogens with one attached hydrogen (secondary N) is 1. The molecule has 204 valence electrons.